The van der Waals surface area contributed by atoms with Crippen LogP contribution in [-0.2, 0) is 4.79 Å². The molecule has 0 aromatic heterocycles. The number of hydrogen-bond acceptors (Lipinski definition) is 6. The van der Waals surface area contributed by atoms with Gasteiger partial charge in [-0.1, -0.05) is 23.9 Å². The standard InChI is InChI=1S/C17H13N3O6/c21-14-6-5-10(20(25)26)9-13(14)18-15(22)7-8-19-16(23)11-3-1-2-4-12(11)17(19)24/h1-6,9,21H,7-8H2,(H,18,22)/p-1. The zero-order chi connectivity index (χ0) is 18.8. The zero-order valence-corrected chi connectivity index (χ0v) is 13.3. The Morgan fingerprint density at radius 2 is 1.69 bits per heavy atom. The smallest absolute Gasteiger partial charge is 0.271 e. The lowest BCUT2D eigenvalue weighted by Gasteiger charge is -2.16. The lowest BCUT2D eigenvalue weighted by atomic mass is 10.1. The number of anilines is 1. The van der Waals surface area contributed by atoms with E-state index in [9.17, 15) is 29.6 Å². The van der Waals surface area contributed by atoms with Gasteiger partial charge >= 0.3 is 0 Å². The molecule has 3 rings (SSSR count). The number of carbonyl (C=O) groups excluding carboxylic acids is 3. The van der Waals surface area contributed by atoms with Gasteiger partial charge in [0.15, 0.2) is 0 Å². The van der Waals surface area contributed by atoms with E-state index < -0.39 is 28.4 Å². The van der Waals surface area contributed by atoms with E-state index in [2.05, 4.69) is 5.32 Å². The summed E-state index contributed by atoms with van der Waals surface area (Å²) < 4.78 is 0. The van der Waals surface area contributed by atoms with E-state index in [4.69, 9.17) is 0 Å². The number of nitrogens with one attached hydrogen (secondary N) is 1. The second-order valence-corrected chi connectivity index (χ2v) is 5.54. The van der Waals surface area contributed by atoms with E-state index in [1.54, 1.807) is 12.1 Å². The van der Waals surface area contributed by atoms with Crippen LogP contribution in [0, 0.1) is 10.1 Å². The molecule has 0 spiro atoms. The molecule has 0 saturated heterocycles. The Kier molecular flexibility index (Phi) is 4.36. The molecule has 2 aromatic rings. The summed E-state index contributed by atoms with van der Waals surface area (Å²) in [5.74, 6) is -2.19. The molecular weight excluding hydrogens is 342 g/mol. The average Bonchev–Trinajstić information content (AvgIpc) is 2.86. The number of fused-ring (bicyclic) bond motifs is 1. The number of nitro benzene ring substituents is 1. The van der Waals surface area contributed by atoms with Gasteiger partial charge in [-0.3, -0.25) is 29.4 Å². The van der Waals surface area contributed by atoms with Crippen molar-refractivity contribution in [3.05, 3.63) is 63.7 Å². The third-order valence-corrected chi connectivity index (χ3v) is 3.89. The molecule has 1 aliphatic rings. The molecule has 0 saturated carbocycles. The number of imide groups is 1. The van der Waals surface area contributed by atoms with Gasteiger partial charge in [0.2, 0.25) is 5.91 Å². The molecule has 0 aliphatic carbocycles. The molecule has 0 bridgehead atoms. The largest absolute Gasteiger partial charge is 0.871 e. The number of amides is 3. The number of non-ortho nitro benzene ring substituents is 1. The van der Waals surface area contributed by atoms with Crippen molar-refractivity contribution in [2.24, 2.45) is 0 Å². The highest BCUT2D eigenvalue weighted by Gasteiger charge is 2.34. The summed E-state index contributed by atoms with van der Waals surface area (Å²) in [6, 6.07) is 9.32. The molecule has 2 aromatic carbocycles. The summed E-state index contributed by atoms with van der Waals surface area (Å²) in [4.78, 5) is 47.4. The van der Waals surface area contributed by atoms with Crippen molar-refractivity contribution in [2.75, 3.05) is 11.9 Å². The Morgan fingerprint density at radius 1 is 1.08 bits per heavy atom. The highest BCUT2D eigenvalue weighted by atomic mass is 16.6. The molecule has 1 aliphatic heterocycles. The Labute approximate surface area is 147 Å². The number of hydrogen-bond donors (Lipinski definition) is 1. The number of carbonyl (C=O) groups is 3. The normalized spacial score (nSPS) is 12.8. The van der Waals surface area contributed by atoms with E-state index in [1.807, 2.05) is 0 Å². The van der Waals surface area contributed by atoms with Crippen LogP contribution in [0.4, 0.5) is 11.4 Å². The van der Waals surface area contributed by atoms with E-state index in [0.29, 0.717) is 0 Å². The van der Waals surface area contributed by atoms with E-state index in [1.165, 1.54) is 12.1 Å². The third kappa shape index (κ3) is 3.09. The molecule has 0 radical (unpaired) electrons. The van der Waals surface area contributed by atoms with Gasteiger partial charge in [-0.15, -0.1) is 0 Å². The fraction of sp³-hybridized carbons (Fsp3) is 0.118. The van der Waals surface area contributed by atoms with Crippen molar-refractivity contribution in [3.8, 4) is 5.75 Å². The first kappa shape index (κ1) is 17.1. The van der Waals surface area contributed by atoms with Gasteiger partial charge in [0.05, 0.1) is 16.1 Å². The summed E-state index contributed by atoms with van der Waals surface area (Å²) in [5.41, 5.74) is -0.0105. The minimum absolute atomic E-state index is 0.165. The molecule has 26 heavy (non-hydrogen) atoms. The predicted molar refractivity (Wildman–Crippen MR) is 87.6 cm³/mol. The molecule has 1 N–H and O–H groups in total. The number of nitro groups is 1. The monoisotopic (exact) mass is 354 g/mol. The van der Waals surface area contributed by atoms with Crippen LogP contribution in [0.5, 0.6) is 5.75 Å². The first-order valence-corrected chi connectivity index (χ1v) is 7.59. The van der Waals surface area contributed by atoms with Gasteiger partial charge in [0.25, 0.3) is 17.5 Å². The van der Waals surface area contributed by atoms with Gasteiger partial charge in [-0.2, -0.15) is 0 Å². The van der Waals surface area contributed by atoms with Gasteiger partial charge in [0, 0.05) is 30.8 Å². The number of benzene rings is 2. The van der Waals surface area contributed by atoms with Crippen molar-refractivity contribution >= 4 is 29.1 Å². The topological polar surface area (TPSA) is 133 Å². The number of rotatable bonds is 5. The third-order valence-electron chi connectivity index (χ3n) is 3.89. The lowest BCUT2D eigenvalue weighted by molar-refractivity contribution is -0.385. The van der Waals surface area contributed by atoms with Crippen LogP contribution in [-0.4, -0.2) is 34.1 Å². The van der Waals surface area contributed by atoms with Gasteiger partial charge in [-0.05, 0) is 12.1 Å². The van der Waals surface area contributed by atoms with Crippen LogP contribution in [0.15, 0.2) is 42.5 Å². The highest BCUT2D eigenvalue weighted by molar-refractivity contribution is 6.21. The average molecular weight is 354 g/mol. The first-order chi connectivity index (χ1) is 12.4. The summed E-state index contributed by atoms with van der Waals surface area (Å²) >= 11 is 0. The van der Waals surface area contributed by atoms with Gasteiger partial charge < -0.3 is 10.4 Å². The second-order valence-electron chi connectivity index (χ2n) is 5.54. The zero-order valence-electron chi connectivity index (χ0n) is 13.3. The van der Waals surface area contributed by atoms with Gasteiger partial charge in [-0.25, -0.2) is 0 Å². The van der Waals surface area contributed by atoms with Crippen LogP contribution >= 0.6 is 0 Å². The number of nitrogens with zero attached hydrogens (tertiary/aromatic N) is 2. The van der Waals surface area contributed by atoms with Crippen molar-refractivity contribution in [2.45, 2.75) is 6.42 Å². The fourth-order valence-corrected chi connectivity index (χ4v) is 2.60. The Morgan fingerprint density at radius 3 is 2.27 bits per heavy atom. The van der Waals surface area contributed by atoms with Crippen molar-refractivity contribution < 1.29 is 24.4 Å². The quantitative estimate of drug-likeness (QED) is 0.489. The lowest BCUT2D eigenvalue weighted by Crippen LogP contribution is -2.32. The van der Waals surface area contributed by atoms with Crippen LogP contribution in [0.2, 0.25) is 0 Å². The highest BCUT2D eigenvalue weighted by Crippen LogP contribution is 2.26. The van der Waals surface area contributed by atoms with Crippen LogP contribution < -0.4 is 10.4 Å². The summed E-state index contributed by atoms with van der Waals surface area (Å²) in [6.45, 7) is -0.165. The van der Waals surface area contributed by atoms with Crippen LogP contribution in [0.25, 0.3) is 0 Å². The maximum absolute atomic E-state index is 12.2. The maximum Gasteiger partial charge on any atom is 0.271 e. The molecule has 132 valence electrons. The maximum atomic E-state index is 12.2. The molecule has 9 nitrogen and oxygen atoms in total. The van der Waals surface area contributed by atoms with Gasteiger partial charge in [0.1, 0.15) is 0 Å². The Hall–Kier alpha value is -3.75. The van der Waals surface area contributed by atoms with Crippen molar-refractivity contribution in [1.82, 2.24) is 4.90 Å². The SMILES string of the molecule is O=C(CCN1C(=O)c2ccccc2C1=O)Nc1cc([N+](=O)[O-])ccc1[O-]. The van der Waals surface area contributed by atoms with Crippen LogP contribution in [0.1, 0.15) is 27.1 Å². The Balaban J connectivity index is 1.66. The molecule has 0 atom stereocenters. The minimum Gasteiger partial charge on any atom is -0.871 e. The van der Waals surface area contributed by atoms with Crippen molar-refractivity contribution in [3.63, 3.8) is 0 Å². The van der Waals surface area contributed by atoms with E-state index >= 15 is 0 Å². The molecule has 1 heterocycles. The molecular formula is C17H12N3O6-. The minimum atomic E-state index is -0.687. The van der Waals surface area contributed by atoms with Crippen LogP contribution in [0.3, 0.4) is 0 Å². The summed E-state index contributed by atoms with van der Waals surface area (Å²) in [5, 5.41) is 24.7. The second kappa shape index (κ2) is 6.63. The summed E-state index contributed by atoms with van der Waals surface area (Å²) in [7, 11) is 0. The van der Waals surface area contributed by atoms with Crippen molar-refractivity contribution in [1.29, 1.82) is 0 Å². The molecule has 0 fully saturated rings. The predicted octanol–water partition coefficient (Wildman–Crippen LogP) is 1.29. The Bertz CT molecular complexity index is 905. The van der Waals surface area contributed by atoms with E-state index in [0.717, 1.165) is 23.1 Å². The fourth-order valence-electron chi connectivity index (χ4n) is 2.60. The molecule has 3 amide bonds. The first-order valence-electron chi connectivity index (χ1n) is 7.59. The molecule has 9 heteroatoms. The van der Waals surface area contributed by atoms with E-state index in [-0.39, 0.29) is 35.5 Å². The molecule has 0 unspecified atom stereocenters. The summed E-state index contributed by atoms with van der Waals surface area (Å²) in [6.07, 6.45) is -0.242.